The van der Waals surface area contributed by atoms with Crippen molar-refractivity contribution in [2.75, 3.05) is 13.1 Å². The number of hydrogen-bond acceptors (Lipinski definition) is 4. The van der Waals surface area contributed by atoms with Gasteiger partial charge in [-0.3, -0.25) is 4.79 Å². The van der Waals surface area contributed by atoms with Crippen molar-refractivity contribution >= 4 is 15.9 Å². The second kappa shape index (κ2) is 10.3. The summed E-state index contributed by atoms with van der Waals surface area (Å²) in [6.45, 7) is 2.74. The minimum Gasteiger partial charge on any atom is -0.346 e. The molecule has 0 radical (unpaired) electrons. The van der Waals surface area contributed by atoms with Crippen LogP contribution in [0.4, 0.5) is 0 Å². The Morgan fingerprint density at radius 3 is 2.36 bits per heavy atom. The van der Waals surface area contributed by atoms with Gasteiger partial charge in [0, 0.05) is 19.0 Å². The molecule has 0 spiro atoms. The number of carbonyl (C=O) groups excluding carboxylic acids is 1. The quantitative estimate of drug-likeness (QED) is 0.527. The van der Waals surface area contributed by atoms with E-state index in [0.717, 1.165) is 22.6 Å². The molecule has 0 bridgehead atoms. The number of H-pyrrole nitrogens is 1. The molecule has 7 nitrogen and oxygen atoms in total. The first-order valence-corrected chi connectivity index (χ1v) is 13.0. The Bertz CT molecular complexity index is 1150. The third-order valence-corrected chi connectivity index (χ3v) is 8.00. The topological polar surface area (TPSA) is 95.2 Å². The van der Waals surface area contributed by atoms with E-state index in [4.69, 9.17) is 0 Å². The Kier molecular flexibility index (Phi) is 7.25. The van der Waals surface area contributed by atoms with E-state index in [2.05, 4.69) is 15.3 Å². The zero-order chi connectivity index (χ0) is 23.3. The Morgan fingerprint density at radius 2 is 1.73 bits per heavy atom. The summed E-state index contributed by atoms with van der Waals surface area (Å²) in [5, 5.41) is 3.11. The number of aromatic amines is 1. The van der Waals surface area contributed by atoms with Crippen molar-refractivity contribution in [3.05, 3.63) is 78.2 Å². The van der Waals surface area contributed by atoms with E-state index in [1.54, 1.807) is 6.20 Å². The van der Waals surface area contributed by atoms with Crippen LogP contribution in [0.2, 0.25) is 0 Å². The lowest BCUT2D eigenvalue weighted by Crippen LogP contribution is -2.44. The van der Waals surface area contributed by atoms with E-state index >= 15 is 0 Å². The monoisotopic (exact) mass is 466 g/mol. The lowest BCUT2D eigenvalue weighted by molar-refractivity contribution is -0.127. The Labute approximate surface area is 195 Å². The number of sulfonamides is 1. The summed E-state index contributed by atoms with van der Waals surface area (Å²) in [4.78, 5) is 20.8. The van der Waals surface area contributed by atoms with Crippen molar-refractivity contribution in [2.24, 2.45) is 5.92 Å². The maximum Gasteiger partial charge on any atom is 0.223 e. The zero-order valence-corrected chi connectivity index (χ0v) is 19.6. The van der Waals surface area contributed by atoms with Gasteiger partial charge in [0.05, 0.1) is 23.7 Å². The fourth-order valence-electron chi connectivity index (χ4n) is 4.20. The third kappa shape index (κ3) is 5.69. The highest BCUT2D eigenvalue weighted by atomic mass is 32.2. The standard InChI is InChI=1S/C25H30N4O3S/c1-2-22(24-26-17-23(27-24)20-11-7-4-8-12-20)28-25(30)21-13-15-29(16-14-21)33(31,32)18-19-9-5-3-6-10-19/h3-12,17,21-22H,2,13-16,18H2,1H3,(H,26,27)(H,28,30). The molecule has 174 valence electrons. The lowest BCUT2D eigenvalue weighted by Gasteiger charge is -2.31. The van der Waals surface area contributed by atoms with E-state index in [1.165, 1.54) is 4.31 Å². The fourth-order valence-corrected chi connectivity index (χ4v) is 5.77. The molecule has 33 heavy (non-hydrogen) atoms. The fraction of sp³-hybridized carbons (Fsp3) is 0.360. The molecule has 1 saturated heterocycles. The molecule has 1 atom stereocenters. The number of nitrogens with one attached hydrogen (secondary N) is 2. The molecule has 1 fully saturated rings. The van der Waals surface area contributed by atoms with Crippen LogP contribution in [0.5, 0.6) is 0 Å². The van der Waals surface area contributed by atoms with Gasteiger partial charge in [0.25, 0.3) is 0 Å². The summed E-state index contributed by atoms with van der Waals surface area (Å²) in [6.07, 6.45) is 3.53. The van der Waals surface area contributed by atoms with Gasteiger partial charge in [-0.1, -0.05) is 67.6 Å². The molecule has 2 N–H and O–H groups in total. The predicted molar refractivity (Wildman–Crippen MR) is 129 cm³/mol. The average molecular weight is 467 g/mol. The maximum absolute atomic E-state index is 12.9. The smallest absolute Gasteiger partial charge is 0.223 e. The van der Waals surface area contributed by atoms with Gasteiger partial charge in [0.1, 0.15) is 5.82 Å². The summed E-state index contributed by atoms with van der Waals surface area (Å²) < 4.78 is 27.1. The Hall–Kier alpha value is -2.97. The first-order chi connectivity index (χ1) is 16.0. The Morgan fingerprint density at radius 1 is 1.09 bits per heavy atom. The van der Waals surface area contributed by atoms with E-state index < -0.39 is 10.0 Å². The first-order valence-electron chi connectivity index (χ1n) is 11.4. The zero-order valence-electron chi connectivity index (χ0n) is 18.8. The van der Waals surface area contributed by atoms with Gasteiger partial charge in [-0.05, 0) is 30.4 Å². The summed E-state index contributed by atoms with van der Waals surface area (Å²) in [7, 11) is -3.39. The van der Waals surface area contributed by atoms with E-state index in [0.29, 0.717) is 32.4 Å². The molecule has 2 heterocycles. The molecule has 0 aliphatic carbocycles. The largest absolute Gasteiger partial charge is 0.346 e. The van der Waals surface area contributed by atoms with E-state index in [9.17, 15) is 13.2 Å². The van der Waals surface area contributed by atoms with Crippen LogP contribution in [0.1, 0.15) is 43.6 Å². The van der Waals surface area contributed by atoms with Gasteiger partial charge in [0.15, 0.2) is 0 Å². The molecule has 1 amide bonds. The second-order valence-electron chi connectivity index (χ2n) is 8.43. The average Bonchev–Trinajstić information content (AvgIpc) is 3.33. The van der Waals surface area contributed by atoms with Crippen molar-refractivity contribution in [3.63, 3.8) is 0 Å². The normalized spacial score (nSPS) is 16.4. The summed E-state index contributed by atoms with van der Waals surface area (Å²) >= 11 is 0. The molecule has 1 aliphatic heterocycles. The molecule has 3 aromatic rings. The number of carbonyl (C=O) groups is 1. The number of benzene rings is 2. The van der Waals surface area contributed by atoms with Gasteiger partial charge in [-0.2, -0.15) is 0 Å². The number of piperidine rings is 1. The van der Waals surface area contributed by atoms with Gasteiger partial charge < -0.3 is 10.3 Å². The highest BCUT2D eigenvalue weighted by Gasteiger charge is 2.32. The van der Waals surface area contributed by atoms with Crippen molar-refractivity contribution < 1.29 is 13.2 Å². The summed E-state index contributed by atoms with van der Waals surface area (Å²) in [5.74, 6) is 0.475. The van der Waals surface area contributed by atoms with Crippen molar-refractivity contribution in [3.8, 4) is 11.3 Å². The highest BCUT2D eigenvalue weighted by Crippen LogP contribution is 2.24. The summed E-state index contributed by atoms with van der Waals surface area (Å²) in [6, 6.07) is 18.9. The van der Waals surface area contributed by atoms with Gasteiger partial charge in [0.2, 0.25) is 15.9 Å². The van der Waals surface area contributed by atoms with Crippen molar-refractivity contribution in [1.29, 1.82) is 0 Å². The maximum atomic E-state index is 12.9. The predicted octanol–water partition coefficient (Wildman–Crippen LogP) is 3.89. The molecule has 1 unspecified atom stereocenters. The van der Waals surface area contributed by atoms with Crippen molar-refractivity contribution in [1.82, 2.24) is 19.6 Å². The number of imidazole rings is 1. The van der Waals surface area contributed by atoms with Crippen LogP contribution in [0.15, 0.2) is 66.9 Å². The number of rotatable bonds is 8. The molecule has 8 heteroatoms. The van der Waals surface area contributed by atoms with E-state index in [1.807, 2.05) is 67.6 Å². The molecule has 1 aromatic heterocycles. The molecule has 0 saturated carbocycles. The van der Waals surface area contributed by atoms with E-state index in [-0.39, 0.29) is 23.6 Å². The third-order valence-electron chi connectivity index (χ3n) is 6.15. The number of amides is 1. The van der Waals surface area contributed by atoms with Crippen LogP contribution >= 0.6 is 0 Å². The van der Waals surface area contributed by atoms with Gasteiger partial charge >= 0.3 is 0 Å². The first kappa shape index (κ1) is 23.2. The molecular formula is C25H30N4O3S. The lowest BCUT2D eigenvalue weighted by atomic mass is 9.96. The number of aromatic nitrogens is 2. The number of nitrogens with zero attached hydrogens (tertiary/aromatic N) is 2. The van der Waals surface area contributed by atoms with Crippen LogP contribution in [0, 0.1) is 5.92 Å². The second-order valence-corrected chi connectivity index (χ2v) is 10.4. The molecule has 1 aliphatic rings. The molecule has 4 rings (SSSR count). The molecular weight excluding hydrogens is 436 g/mol. The summed E-state index contributed by atoms with van der Waals surface area (Å²) in [5.41, 5.74) is 2.73. The van der Waals surface area contributed by atoms with Crippen LogP contribution in [-0.2, 0) is 20.6 Å². The Balaban J connectivity index is 1.33. The minimum absolute atomic E-state index is 0.00907. The molecule has 2 aromatic carbocycles. The van der Waals surface area contributed by atoms with Crippen LogP contribution in [0.25, 0.3) is 11.3 Å². The van der Waals surface area contributed by atoms with Crippen LogP contribution in [-0.4, -0.2) is 41.7 Å². The minimum atomic E-state index is -3.39. The van der Waals surface area contributed by atoms with Crippen LogP contribution in [0.3, 0.4) is 0 Å². The SMILES string of the molecule is CCC(NC(=O)C1CCN(S(=O)(=O)Cc2ccccc2)CC1)c1ncc(-c2ccccc2)[nH]1. The number of hydrogen-bond donors (Lipinski definition) is 2. The van der Waals surface area contributed by atoms with Crippen LogP contribution < -0.4 is 5.32 Å². The highest BCUT2D eigenvalue weighted by molar-refractivity contribution is 7.88. The van der Waals surface area contributed by atoms with Crippen molar-refractivity contribution in [2.45, 2.75) is 38.0 Å². The van der Waals surface area contributed by atoms with Gasteiger partial charge in [-0.15, -0.1) is 0 Å². The van der Waals surface area contributed by atoms with Gasteiger partial charge in [-0.25, -0.2) is 17.7 Å².